The van der Waals surface area contributed by atoms with Crippen molar-refractivity contribution in [3.05, 3.63) is 63.3 Å². The van der Waals surface area contributed by atoms with Gasteiger partial charge in [-0.1, -0.05) is 24.0 Å². The van der Waals surface area contributed by atoms with Crippen LogP contribution in [0.25, 0.3) is 11.8 Å². The van der Waals surface area contributed by atoms with E-state index >= 15 is 0 Å². The Morgan fingerprint density at radius 1 is 1.29 bits per heavy atom. The minimum Gasteiger partial charge on any atom is -0.317 e. The van der Waals surface area contributed by atoms with Crippen molar-refractivity contribution in [3.8, 4) is 5.69 Å². The number of carbonyl (C=O) groups excluding carboxylic acids is 1. The lowest BCUT2D eigenvalue weighted by Crippen LogP contribution is -2.27. The van der Waals surface area contributed by atoms with Gasteiger partial charge in [0.1, 0.15) is 4.32 Å². The Kier molecular flexibility index (Phi) is 4.50. The van der Waals surface area contributed by atoms with Crippen molar-refractivity contribution in [2.45, 2.75) is 6.92 Å². The second kappa shape index (κ2) is 6.58. The van der Waals surface area contributed by atoms with Gasteiger partial charge in [0, 0.05) is 36.3 Å². The molecule has 0 N–H and O–H groups in total. The standard InChI is InChI=1S/C16H13N3O3S2/c1-2-17-15(20)14(24-16(17)23)10-13-4-3-9-18(13)11-5-7-12(8-6-11)19(21)22/h3-10H,2H2,1H3. The molecule has 2 heterocycles. The predicted molar refractivity (Wildman–Crippen MR) is 98.0 cm³/mol. The van der Waals surface area contributed by atoms with Crippen molar-refractivity contribution < 1.29 is 9.72 Å². The first-order chi connectivity index (χ1) is 11.5. The summed E-state index contributed by atoms with van der Waals surface area (Å²) in [6.45, 7) is 2.43. The summed E-state index contributed by atoms with van der Waals surface area (Å²) in [4.78, 5) is 24.8. The van der Waals surface area contributed by atoms with E-state index in [2.05, 4.69) is 0 Å². The molecule has 1 aliphatic heterocycles. The van der Waals surface area contributed by atoms with E-state index in [0.717, 1.165) is 11.4 Å². The molecule has 0 aliphatic carbocycles. The molecule has 8 heteroatoms. The molecule has 6 nitrogen and oxygen atoms in total. The molecule has 0 radical (unpaired) electrons. The molecule has 1 fully saturated rings. The molecular formula is C16H13N3O3S2. The second-order valence-electron chi connectivity index (χ2n) is 5.00. The predicted octanol–water partition coefficient (Wildman–Crippen LogP) is 3.61. The number of aromatic nitrogens is 1. The Morgan fingerprint density at radius 3 is 2.58 bits per heavy atom. The fourth-order valence-electron chi connectivity index (χ4n) is 2.39. The fraction of sp³-hybridized carbons (Fsp3) is 0.125. The van der Waals surface area contributed by atoms with E-state index in [9.17, 15) is 14.9 Å². The van der Waals surface area contributed by atoms with Gasteiger partial charge in [-0.05, 0) is 37.3 Å². The highest BCUT2D eigenvalue weighted by Crippen LogP contribution is 2.32. The molecule has 1 saturated heterocycles. The lowest BCUT2D eigenvalue weighted by atomic mass is 10.2. The Labute approximate surface area is 147 Å². The van der Waals surface area contributed by atoms with Crippen LogP contribution in [-0.2, 0) is 4.79 Å². The number of amides is 1. The number of thioether (sulfide) groups is 1. The Hall–Kier alpha value is -2.45. The molecule has 1 amide bonds. The molecular weight excluding hydrogens is 346 g/mol. The lowest BCUT2D eigenvalue weighted by Gasteiger charge is -2.09. The number of hydrogen-bond donors (Lipinski definition) is 0. The van der Waals surface area contributed by atoms with Crippen molar-refractivity contribution in [2.24, 2.45) is 0 Å². The maximum Gasteiger partial charge on any atom is 0.269 e. The molecule has 0 saturated carbocycles. The highest BCUT2D eigenvalue weighted by Gasteiger charge is 2.30. The smallest absolute Gasteiger partial charge is 0.269 e. The number of rotatable bonds is 4. The molecule has 122 valence electrons. The van der Waals surface area contributed by atoms with Crippen LogP contribution in [-0.4, -0.2) is 31.2 Å². The zero-order chi connectivity index (χ0) is 17.3. The van der Waals surface area contributed by atoms with Gasteiger partial charge in [-0.15, -0.1) is 0 Å². The van der Waals surface area contributed by atoms with E-state index in [4.69, 9.17) is 12.2 Å². The normalized spacial score (nSPS) is 16.2. The van der Waals surface area contributed by atoms with Gasteiger partial charge in [-0.3, -0.25) is 19.8 Å². The van der Waals surface area contributed by atoms with Crippen LogP contribution in [0.1, 0.15) is 12.6 Å². The number of nitrogens with zero attached hydrogens (tertiary/aromatic N) is 3. The summed E-state index contributed by atoms with van der Waals surface area (Å²) in [6.07, 6.45) is 3.63. The molecule has 1 aromatic carbocycles. The molecule has 0 spiro atoms. The van der Waals surface area contributed by atoms with Gasteiger partial charge < -0.3 is 4.57 Å². The van der Waals surface area contributed by atoms with Crippen LogP contribution < -0.4 is 0 Å². The molecule has 2 aromatic rings. The number of non-ortho nitro benzene ring substituents is 1. The molecule has 0 unspecified atom stereocenters. The Morgan fingerprint density at radius 2 is 2.00 bits per heavy atom. The average molecular weight is 359 g/mol. The quantitative estimate of drug-likeness (QED) is 0.361. The topological polar surface area (TPSA) is 68.4 Å². The molecule has 0 bridgehead atoms. The summed E-state index contributed by atoms with van der Waals surface area (Å²) in [6, 6.07) is 9.98. The van der Waals surface area contributed by atoms with Crippen LogP contribution in [0.2, 0.25) is 0 Å². The van der Waals surface area contributed by atoms with E-state index in [1.807, 2.05) is 29.8 Å². The van der Waals surface area contributed by atoms with E-state index < -0.39 is 4.92 Å². The average Bonchev–Trinajstić information content (AvgIpc) is 3.12. The third-order valence-corrected chi connectivity index (χ3v) is 4.97. The van der Waals surface area contributed by atoms with Gasteiger partial charge in [0.25, 0.3) is 11.6 Å². The number of likely N-dealkylation sites (N-methyl/N-ethyl adjacent to an activating group) is 1. The van der Waals surface area contributed by atoms with Gasteiger partial charge in [0.05, 0.1) is 9.83 Å². The van der Waals surface area contributed by atoms with E-state index in [-0.39, 0.29) is 11.6 Å². The van der Waals surface area contributed by atoms with Gasteiger partial charge >= 0.3 is 0 Å². The summed E-state index contributed by atoms with van der Waals surface area (Å²) in [5.74, 6) is -0.0936. The van der Waals surface area contributed by atoms with Crippen LogP contribution in [0.4, 0.5) is 5.69 Å². The van der Waals surface area contributed by atoms with Crippen LogP contribution >= 0.6 is 24.0 Å². The largest absolute Gasteiger partial charge is 0.317 e. The van der Waals surface area contributed by atoms with E-state index in [1.54, 1.807) is 23.1 Å². The number of hydrogen-bond acceptors (Lipinski definition) is 5. The highest BCUT2D eigenvalue weighted by molar-refractivity contribution is 8.26. The van der Waals surface area contributed by atoms with Crippen LogP contribution in [0.5, 0.6) is 0 Å². The fourth-order valence-corrected chi connectivity index (χ4v) is 3.76. The number of nitro benzene ring substituents is 1. The summed E-state index contributed by atoms with van der Waals surface area (Å²) in [7, 11) is 0. The number of benzene rings is 1. The first-order valence-electron chi connectivity index (χ1n) is 7.19. The SMILES string of the molecule is CCN1C(=O)C(=Cc2cccn2-c2ccc([N+](=O)[O-])cc2)SC1=S. The minimum absolute atomic E-state index is 0.0382. The van der Waals surface area contributed by atoms with Crippen LogP contribution in [0.3, 0.4) is 0 Å². The van der Waals surface area contributed by atoms with Crippen molar-refractivity contribution in [1.29, 1.82) is 0 Å². The Balaban J connectivity index is 1.94. The number of thiocarbonyl (C=S) groups is 1. The van der Waals surface area contributed by atoms with Crippen molar-refractivity contribution >= 4 is 46.0 Å². The molecule has 24 heavy (non-hydrogen) atoms. The first-order valence-corrected chi connectivity index (χ1v) is 8.41. The van der Waals surface area contributed by atoms with Gasteiger partial charge in [-0.25, -0.2) is 0 Å². The maximum atomic E-state index is 12.3. The summed E-state index contributed by atoms with van der Waals surface area (Å²) < 4.78 is 2.42. The first kappa shape index (κ1) is 16.4. The molecule has 3 rings (SSSR count). The molecule has 1 aromatic heterocycles. The van der Waals surface area contributed by atoms with Gasteiger partial charge in [0.2, 0.25) is 0 Å². The number of carbonyl (C=O) groups is 1. The zero-order valence-electron chi connectivity index (χ0n) is 12.7. The van der Waals surface area contributed by atoms with Crippen molar-refractivity contribution in [3.63, 3.8) is 0 Å². The van der Waals surface area contributed by atoms with E-state index in [1.165, 1.54) is 23.9 Å². The highest BCUT2D eigenvalue weighted by atomic mass is 32.2. The lowest BCUT2D eigenvalue weighted by molar-refractivity contribution is -0.384. The second-order valence-corrected chi connectivity index (χ2v) is 6.68. The third kappa shape index (κ3) is 2.98. The summed E-state index contributed by atoms with van der Waals surface area (Å²) in [5, 5.41) is 10.8. The third-order valence-electron chi connectivity index (χ3n) is 3.59. The Bertz CT molecular complexity index is 856. The monoisotopic (exact) mass is 359 g/mol. The minimum atomic E-state index is -0.434. The van der Waals surface area contributed by atoms with Crippen molar-refractivity contribution in [1.82, 2.24) is 9.47 Å². The van der Waals surface area contributed by atoms with Crippen LogP contribution in [0, 0.1) is 10.1 Å². The zero-order valence-corrected chi connectivity index (χ0v) is 14.3. The van der Waals surface area contributed by atoms with Crippen LogP contribution in [0.15, 0.2) is 47.5 Å². The molecule has 1 aliphatic rings. The van der Waals surface area contributed by atoms with Gasteiger partial charge in [0.15, 0.2) is 0 Å². The summed E-state index contributed by atoms with van der Waals surface area (Å²) >= 11 is 6.49. The number of nitro groups is 1. The molecule has 0 atom stereocenters. The van der Waals surface area contributed by atoms with Gasteiger partial charge in [-0.2, -0.15) is 0 Å². The van der Waals surface area contributed by atoms with E-state index in [0.29, 0.717) is 15.8 Å². The van der Waals surface area contributed by atoms with Crippen molar-refractivity contribution in [2.75, 3.05) is 6.54 Å². The maximum absolute atomic E-state index is 12.3. The summed E-state index contributed by atoms with van der Waals surface area (Å²) in [5.41, 5.74) is 1.62.